The fraction of sp³-hybridized carbons (Fsp3) is 0.0769. The smallest absolute Gasteiger partial charge is 0.134 e. The molecule has 98 valence electrons. The highest BCUT2D eigenvalue weighted by molar-refractivity contribution is 14.2. The molecule has 1 heterocycles. The summed E-state index contributed by atoms with van der Waals surface area (Å²) in [6.07, 6.45) is 3.43. The van der Waals surface area contributed by atoms with Gasteiger partial charge in [-0.15, -0.1) is 0 Å². The maximum Gasteiger partial charge on any atom is 0.134 e. The summed E-state index contributed by atoms with van der Waals surface area (Å²) >= 11 is 2.05. The van der Waals surface area contributed by atoms with E-state index in [1.165, 1.54) is 8.93 Å². The first-order valence-corrected chi connectivity index (χ1v) is 8.49. The van der Waals surface area contributed by atoms with Crippen LogP contribution in [0.1, 0.15) is 11.3 Å². The molecule has 1 aromatic rings. The Balaban J connectivity index is 2.95. The number of hydrogen-bond donors (Lipinski definition) is 2. The number of rotatable bonds is 4. The monoisotopic (exact) mass is 385 g/mol. The van der Waals surface area contributed by atoms with Crippen LogP contribution in [0.2, 0.25) is 0 Å². The Hall–Kier alpha value is -1.46. The van der Waals surface area contributed by atoms with Gasteiger partial charge in [-0.2, -0.15) is 0 Å². The molecule has 0 aromatic carbocycles. The van der Waals surface area contributed by atoms with Crippen LogP contribution in [-0.2, 0) is 4.74 Å². The summed E-state index contributed by atoms with van der Waals surface area (Å²) in [5.74, 6) is 3.50. The molecule has 6 heteroatoms. The number of allylic oxidation sites excluding steroid dienone is 1. The molecule has 4 nitrogen and oxygen atoms in total. The number of nitrogens with zero attached hydrogens (tertiary/aromatic N) is 1. The molecule has 1 aromatic heterocycles. The second kappa shape index (κ2) is 7.86. The Labute approximate surface area is 128 Å². The Morgan fingerprint density at radius 2 is 2.37 bits per heavy atom. The highest BCUT2D eigenvalue weighted by Gasteiger charge is 2.05. The molecule has 1 rings (SSSR count). The molecule has 0 saturated carbocycles. The van der Waals surface area contributed by atoms with Crippen molar-refractivity contribution in [2.45, 2.75) is 0 Å². The molecule has 0 radical (unpaired) electrons. The van der Waals surface area contributed by atoms with Crippen LogP contribution in [0.3, 0.4) is 0 Å². The molecular formula is C13H12IN3OS. The van der Waals surface area contributed by atoms with Gasteiger partial charge in [-0.1, -0.05) is 6.58 Å². The van der Waals surface area contributed by atoms with Crippen molar-refractivity contribution in [3.8, 4) is 11.2 Å². The number of nitrogens with two attached hydrogens (primary N) is 1. The summed E-state index contributed by atoms with van der Waals surface area (Å²) in [6, 6.07) is 3.49. The van der Waals surface area contributed by atoms with Crippen molar-refractivity contribution in [2.24, 2.45) is 0 Å². The van der Waals surface area contributed by atoms with E-state index in [0.29, 0.717) is 17.0 Å². The van der Waals surface area contributed by atoms with Gasteiger partial charge in [-0.05, 0) is 44.4 Å². The Morgan fingerprint density at radius 1 is 1.63 bits per heavy atom. The summed E-state index contributed by atoms with van der Waals surface area (Å²) in [6.45, 7) is 3.67. The third-order valence-electron chi connectivity index (χ3n) is 2.13. The zero-order valence-electron chi connectivity index (χ0n) is 10.2. The number of ether oxygens (including phenoxy) is 1. The zero-order valence-corrected chi connectivity index (χ0v) is 13.2. The van der Waals surface area contributed by atoms with Gasteiger partial charge in [0, 0.05) is 21.2 Å². The third kappa shape index (κ3) is 4.96. The highest BCUT2D eigenvalue weighted by Crippen LogP contribution is 2.13. The minimum absolute atomic E-state index is 0.158. The van der Waals surface area contributed by atoms with Gasteiger partial charge in [0.25, 0.3) is 0 Å². The zero-order chi connectivity index (χ0) is 14.3. The van der Waals surface area contributed by atoms with Gasteiger partial charge in [0.15, 0.2) is 0 Å². The van der Waals surface area contributed by atoms with Crippen LogP contribution in [0.5, 0.6) is 0 Å². The first-order chi connectivity index (χ1) is 9.08. The van der Waals surface area contributed by atoms with Crippen molar-refractivity contribution in [3.63, 3.8) is 0 Å². The topological polar surface area (TPSA) is 72.0 Å². The van der Waals surface area contributed by atoms with Crippen LogP contribution in [0.15, 0.2) is 30.5 Å². The predicted molar refractivity (Wildman–Crippen MR) is 90.0 cm³/mol. The van der Waals surface area contributed by atoms with Crippen molar-refractivity contribution in [1.82, 2.24) is 4.98 Å². The molecular weight excluding hydrogens is 373 g/mol. The Bertz CT molecular complexity index is 587. The predicted octanol–water partition coefficient (Wildman–Crippen LogP) is 3.25. The lowest BCUT2D eigenvalue weighted by atomic mass is 10.1. The van der Waals surface area contributed by atoms with Crippen LogP contribution in [0, 0.1) is 16.6 Å². The van der Waals surface area contributed by atoms with E-state index >= 15 is 0 Å². The van der Waals surface area contributed by atoms with E-state index < -0.39 is 0 Å². The molecule has 0 amide bonds. The van der Waals surface area contributed by atoms with Crippen LogP contribution in [0.25, 0.3) is 6.08 Å². The molecule has 0 atom stereocenters. The van der Waals surface area contributed by atoms with Gasteiger partial charge in [-0.25, -0.2) is 4.98 Å². The largest absolute Gasteiger partial charge is 0.497 e. The van der Waals surface area contributed by atoms with E-state index in [-0.39, 0.29) is 11.5 Å². The summed E-state index contributed by atoms with van der Waals surface area (Å²) < 4.78 is 4.91. The number of nitrogens with one attached hydrogen (secondary N) is 1. The Morgan fingerprint density at radius 3 is 2.95 bits per heavy atom. The van der Waals surface area contributed by atoms with Gasteiger partial charge in [0.1, 0.15) is 17.3 Å². The normalized spacial score (nSPS) is 9.79. The molecule has 0 spiro atoms. The number of pyridine rings is 1. The standard InChI is InChI=1S/C13H12IN3OS/c1-9(18-2)3-4-10-5-6-11(13(16)17-10)12(15)7-8-19-14/h3-6,15H,1H2,2H3,(H2,16,17)/b4-3+,15-12?. The molecule has 0 unspecified atom stereocenters. The van der Waals surface area contributed by atoms with Crippen LogP contribution >= 0.6 is 30.1 Å². The van der Waals surface area contributed by atoms with Crippen LogP contribution in [0.4, 0.5) is 5.82 Å². The molecule has 0 bridgehead atoms. The molecule has 3 N–H and O–H groups in total. The Kier molecular flexibility index (Phi) is 6.45. The number of hydrogen-bond acceptors (Lipinski definition) is 5. The van der Waals surface area contributed by atoms with E-state index in [0.717, 1.165) is 0 Å². The minimum atomic E-state index is 0.158. The summed E-state index contributed by atoms with van der Waals surface area (Å²) in [7, 11) is 2.86. The van der Waals surface area contributed by atoms with E-state index in [1.807, 2.05) is 21.2 Å². The van der Waals surface area contributed by atoms with E-state index in [4.69, 9.17) is 15.9 Å². The van der Waals surface area contributed by atoms with E-state index in [2.05, 4.69) is 22.7 Å². The number of nitrogen functional groups attached to an aromatic ring is 1. The first-order valence-electron chi connectivity index (χ1n) is 5.13. The van der Waals surface area contributed by atoms with Crippen molar-refractivity contribution in [3.05, 3.63) is 41.8 Å². The number of halogens is 1. The SMILES string of the molecule is C=C(/C=C/c1ccc(C(=N)C#CSI)c(N)n1)OC. The quantitative estimate of drug-likeness (QED) is 0.275. The summed E-state index contributed by atoms with van der Waals surface area (Å²) in [5.41, 5.74) is 7.17. The van der Waals surface area contributed by atoms with Gasteiger partial charge in [0.05, 0.1) is 18.4 Å². The van der Waals surface area contributed by atoms with Crippen LogP contribution < -0.4 is 5.73 Å². The van der Waals surface area contributed by atoms with Gasteiger partial charge >= 0.3 is 0 Å². The highest BCUT2D eigenvalue weighted by atomic mass is 127. The van der Waals surface area contributed by atoms with Crippen molar-refractivity contribution < 1.29 is 4.74 Å². The lowest BCUT2D eigenvalue weighted by molar-refractivity contribution is 0.309. The summed E-state index contributed by atoms with van der Waals surface area (Å²) in [5, 5.41) is 10.5. The fourth-order valence-electron chi connectivity index (χ4n) is 1.18. The lowest BCUT2D eigenvalue weighted by Gasteiger charge is -2.03. The molecule has 0 saturated heterocycles. The fourth-order valence-corrected chi connectivity index (χ4v) is 1.65. The first kappa shape index (κ1) is 15.6. The number of aromatic nitrogens is 1. The van der Waals surface area contributed by atoms with E-state index in [9.17, 15) is 0 Å². The molecule has 0 fully saturated rings. The molecule has 0 aliphatic carbocycles. The van der Waals surface area contributed by atoms with Crippen LogP contribution in [-0.4, -0.2) is 17.8 Å². The van der Waals surface area contributed by atoms with Gasteiger partial charge < -0.3 is 10.5 Å². The number of anilines is 1. The second-order valence-electron chi connectivity index (χ2n) is 3.35. The average molecular weight is 385 g/mol. The van der Waals surface area contributed by atoms with E-state index in [1.54, 1.807) is 31.4 Å². The van der Waals surface area contributed by atoms with Gasteiger partial charge in [-0.3, -0.25) is 5.41 Å². The third-order valence-corrected chi connectivity index (χ3v) is 2.97. The summed E-state index contributed by atoms with van der Waals surface area (Å²) in [4.78, 5) is 4.19. The molecule has 0 aliphatic rings. The number of methoxy groups -OCH3 is 1. The lowest BCUT2D eigenvalue weighted by Crippen LogP contribution is -2.04. The van der Waals surface area contributed by atoms with Crippen molar-refractivity contribution in [1.29, 1.82) is 5.41 Å². The maximum atomic E-state index is 7.78. The second-order valence-corrected chi connectivity index (χ2v) is 5.03. The minimum Gasteiger partial charge on any atom is -0.497 e. The molecule has 0 aliphatic heterocycles. The average Bonchev–Trinajstić information content (AvgIpc) is 2.42. The maximum absolute atomic E-state index is 7.78. The van der Waals surface area contributed by atoms with Crippen molar-refractivity contribution in [2.75, 3.05) is 12.8 Å². The van der Waals surface area contributed by atoms with Gasteiger partial charge in [0.2, 0.25) is 0 Å². The van der Waals surface area contributed by atoms with Crippen molar-refractivity contribution >= 4 is 47.7 Å². The molecule has 19 heavy (non-hydrogen) atoms.